The highest BCUT2D eigenvalue weighted by Crippen LogP contribution is 2.39. The van der Waals surface area contributed by atoms with Gasteiger partial charge >= 0.3 is 0 Å². The van der Waals surface area contributed by atoms with Gasteiger partial charge in [-0.2, -0.15) is 0 Å². The molecule has 1 aliphatic heterocycles. The lowest BCUT2D eigenvalue weighted by Gasteiger charge is -2.36. The van der Waals surface area contributed by atoms with Crippen molar-refractivity contribution in [1.29, 1.82) is 0 Å². The van der Waals surface area contributed by atoms with E-state index in [-0.39, 0.29) is 11.5 Å². The number of ether oxygens (including phenoxy) is 1. The van der Waals surface area contributed by atoms with E-state index >= 15 is 0 Å². The van der Waals surface area contributed by atoms with Crippen LogP contribution >= 0.6 is 11.3 Å². The highest BCUT2D eigenvalue weighted by molar-refractivity contribution is 7.14. The first-order chi connectivity index (χ1) is 22.3. The van der Waals surface area contributed by atoms with Crippen LogP contribution in [0.15, 0.2) is 42.7 Å². The minimum Gasteiger partial charge on any atom is -0.479 e. The Balaban J connectivity index is 0.000000489. The van der Waals surface area contributed by atoms with E-state index in [1.165, 1.54) is 62.3 Å². The smallest absolute Gasteiger partial charge is 0.260 e. The van der Waals surface area contributed by atoms with Crippen molar-refractivity contribution in [1.82, 2.24) is 20.2 Å². The van der Waals surface area contributed by atoms with Crippen LogP contribution in [-0.4, -0.2) is 53.4 Å². The van der Waals surface area contributed by atoms with Gasteiger partial charge in [-0.3, -0.25) is 14.6 Å². The summed E-state index contributed by atoms with van der Waals surface area (Å²) in [6.45, 7) is 12.6. The molecule has 4 rings (SSSR count). The molecule has 10 heteroatoms. The van der Waals surface area contributed by atoms with Crippen molar-refractivity contribution in [3.8, 4) is 0 Å². The van der Waals surface area contributed by atoms with Gasteiger partial charge in [0.2, 0.25) is 0 Å². The molecule has 2 atom stereocenters. The zero-order chi connectivity index (χ0) is 33.5. The van der Waals surface area contributed by atoms with Crippen LogP contribution in [0.3, 0.4) is 0 Å². The summed E-state index contributed by atoms with van der Waals surface area (Å²) in [5.74, 6) is 2.34. The fourth-order valence-electron chi connectivity index (χ4n) is 5.56. The van der Waals surface area contributed by atoms with Crippen molar-refractivity contribution in [2.75, 3.05) is 32.1 Å². The van der Waals surface area contributed by atoms with Gasteiger partial charge in [-0.05, 0) is 56.9 Å². The van der Waals surface area contributed by atoms with E-state index in [0.29, 0.717) is 35.1 Å². The van der Waals surface area contributed by atoms with Gasteiger partial charge in [0.05, 0.1) is 39.6 Å². The van der Waals surface area contributed by atoms with Crippen LogP contribution in [0, 0.1) is 18.8 Å². The third-order valence-electron chi connectivity index (χ3n) is 8.55. The number of thiazole rings is 1. The molecule has 2 aromatic rings. The molecule has 9 nitrogen and oxygen atoms in total. The second kappa shape index (κ2) is 19.1. The normalized spacial score (nSPS) is 19.1. The molecule has 3 heterocycles. The van der Waals surface area contributed by atoms with Crippen LogP contribution in [0.2, 0.25) is 0 Å². The standard InChI is InChI=1S/C26H34N6O3S.C10H20/c1-5-7-9-19(26-32(4)11-8-12-35-26)22-16-30-25(36-22)20(14-27)24(34)31-21-13-18(15-29-17(21)3)23(33)28-10-6-2;1-3-5-6-10-8-7-9(10)4-2/h7,9,13-16H,5-6,8,10-12,27H2,1-4H3,(H,28,33)(H,31,34);9-10H,3-8H2,1-2H3/b9-7+,20-14-,26-19-;. The van der Waals surface area contributed by atoms with Gasteiger partial charge in [-0.15, -0.1) is 11.3 Å². The van der Waals surface area contributed by atoms with Crippen LogP contribution in [0.25, 0.3) is 11.1 Å². The second-order valence-corrected chi connectivity index (χ2v) is 13.0. The van der Waals surface area contributed by atoms with Crippen molar-refractivity contribution < 1.29 is 14.3 Å². The largest absolute Gasteiger partial charge is 0.479 e. The van der Waals surface area contributed by atoms with E-state index in [1.54, 1.807) is 19.2 Å². The highest BCUT2D eigenvalue weighted by atomic mass is 32.1. The van der Waals surface area contributed by atoms with Gasteiger partial charge in [-0.1, -0.05) is 65.5 Å². The van der Waals surface area contributed by atoms with Crippen molar-refractivity contribution in [3.63, 3.8) is 0 Å². The first-order valence-electron chi connectivity index (χ1n) is 17.0. The molecule has 0 bridgehead atoms. The van der Waals surface area contributed by atoms with Crippen LogP contribution < -0.4 is 16.4 Å². The van der Waals surface area contributed by atoms with Crippen molar-refractivity contribution >= 4 is 40.0 Å². The summed E-state index contributed by atoms with van der Waals surface area (Å²) >= 11 is 1.36. The van der Waals surface area contributed by atoms with Crippen LogP contribution in [0.1, 0.15) is 111 Å². The predicted octanol–water partition coefficient (Wildman–Crippen LogP) is 7.52. The summed E-state index contributed by atoms with van der Waals surface area (Å²) in [7, 11) is 2.00. The first-order valence-corrected chi connectivity index (χ1v) is 17.8. The SMILES string of the molecule is CC/C=C/C(=C1/OCCCN1C)c1cnc(/C(=C\N)C(=O)Nc2cc(C(=O)NCCC)cnc2C)s1.CCCCC1CCC1CC. The number of pyridine rings is 1. The Kier molecular flexibility index (Phi) is 15.3. The number of unbranched alkanes of at least 4 members (excludes halogenated alkanes) is 1. The second-order valence-electron chi connectivity index (χ2n) is 12.0. The van der Waals surface area contributed by atoms with E-state index < -0.39 is 5.91 Å². The number of nitrogens with zero attached hydrogens (tertiary/aromatic N) is 3. The maximum atomic E-state index is 13.2. The number of carbonyl (C=O) groups is 2. The maximum absolute atomic E-state index is 13.2. The number of nitrogens with two attached hydrogens (primary N) is 1. The summed E-state index contributed by atoms with van der Waals surface area (Å²) in [5.41, 5.74) is 8.41. The van der Waals surface area contributed by atoms with Gasteiger partial charge in [0, 0.05) is 38.7 Å². The summed E-state index contributed by atoms with van der Waals surface area (Å²) in [6.07, 6.45) is 20.1. The first kappa shape index (κ1) is 36.8. The number of hydrogen-bond acceptors (Lipinski definition) is 8. The Morgan fingerprint density at radius 2 is 1.91 bits per heavy atom. The van der Waals surface area contributed by atoms with Crippen molar-refractivity contribution in [2.24, 2.45) is 17.6 Å². The molecule has 46 heavy (non-hydrogen) atoms. The Labute approximate surface area is 279 Å². The summed E-state index contributed by atoms with van der Waals surface area (Å²) in [6, 6.07) is 1.61. The fraction of sp³-hybridized carbons (Fsp3) is 0.556. The quantitative estimate of drug-likeness (QED) is 0.192. The molecule has 1 aliphatic carbocycles. The average Bonchev–Trinajstić information content (AvgIpc) is 3.52. The molecule has 252 valence electrons. The van der Waals surface area contributed by atoms with E-state index in [0.717, 1.165) is 54.0 Å². The molecule has 2 aliphatic rings. The average molecular weight is 651 g/mol. The van der Waals surface area contributed by atoms with Gasteiger partial charge < -0.3 is 26.0 Å². The minimum atomic E-state index is -0.432. The van der Waals surface area contributed by atoms with Crippen LogP contribution in [0.4, 0.5) is 5.69 Å². The third kappa shape index (κ3) is 10.2. The molecule has 2 fully saturated rings. The lowest BCUT2D eigenvalue weighted by atomic mass is 9.70. The number of aromatic nitrogens is 2. The van der Waals surface area contributed by atoms with Crippen molar-refractivity contribution in [3.05, 3.63) is 63.8 Å². The van der Waals surface area contributed by atoms with E-state index in [4.69, 9.17) is 10.5 Å². The third-order valence-corrected chi connectivity index (χ3v) is 9.61. The summed E-state index contributed by atoms with van der Waals surface area (Å²) < 4.78 is 5.97. The number of hydrogen-bond donors (Lipinski definition) is 3. The Hall–Kier alpha value is -3.66. The molecule has 1 saturated carbocycles. The molecule has 2 amide bonds. The number of carbonyl (C=O) groups excluding carboxylic acids is 2. The topological polar surface area (TPSA) is 122 Å². The monoisotopic (exact) mass is 650 g/mol. The molecule has 4 N–H and O–H groups in total. The zero-order valence-corrected chi connectivity index (χ0v) is 29.5. The molecular weight excluding hydrogens is 597 g/mol. The molecule has 2 aromatic heterocycles. The molecule has 0 aromatic carbocycles. The molecule has 2 unspecified atom stereocenters. The van der Waals surface area contributed by atoms with Gasteiger partial charge in [0.1, 0.15) is 5.01 Å². The Bertz CT molecular complexity index is 1380. The summed E-state index contributed by atoms with van der Waals surface area (Å²) in [5, 5.41) is 6.12. The zero-order valence-electron chi connectivity index (χ0n) is 28.7. The van der Waals surface area contributed by atoms with Crippen molar-refractivity contribution in [2.45, 2.75) is 92.4 Å². The Morgan fingerprint density at radius 1 is 1.13 bits per heavy atom. The van der Waals surface area contributed by atoms with Gasteiger partial charge in [0.15, 0.2) is 5.88 Å². The fourth-order valence-corrected chi connectivity index (χ4v) is 6.52. The maximum Gasteiger partial charge on any atom is 0.260 e. The van der Waals surface area contributed by atoms with Gasteiger partial charge in [0.25, 0.3) is 11.8 Å². The highest BCUT2D eigenvalue weighted by Gasteiger charge is 2.28. The number of aryl methyl sites for hydroxylation is 1. The molecule has 0 radical (unpaired) electrons. The van der Waals surface area contributed by atoms with E-state index in [2.05, 4.69) is 52.3 Å². The predicted molar refractivity (Wildman–Crippen MR) is 190 cm³/mol. The molecule has 1 saturated heterocycles. The van der Waals surface area contributed by atoms with Gasteiger partial charge in [-0.25, -0.2) is 4.98 Å². The van der Waals surface area contributed by atoms with E-state index in [1.807, 2.05) is 20.0 Å². The lowest BCUT2D eigenvalue weighted by Crippen LogP contribution is -2.28. The molecule has 0 spiro atoms. The number of anilines is 1. The molecular formula is C36H54N6O3S. The number of nitrogens with one attached hydrogen (secondary N) is 2. The van der Waals surface area contributed by atoms with Crippen LogP contribution in [-0.2, 0) is 9.53 Å². The summed E-state index contributed by atoms with van der Waals surface area (Å²) in [4.78, 5) is 37.2. The Morgan fingerprint density at radius 3 is 2.54 bits per heavy atom. The number of allylic oxidation sites excluding steroid dienone is 3. The van der Waals surface area contributed by atoms with Crippen LogP contribution in [0.5, 0.6) is 0 Å². The number of amides is 2. The number of rotatable bonds is 13. The van der Waals surface area contributed by atoms with E-state index in [9.17, 15) is 9.59 Å². The lowest BCUT2D eigenvalue weighted by molar-refractivity contribution is -0.111. The minimum absolute atomic E-state index is 0.230.